The van der Waals surface area contributed by atoms with E-state index in [1.807, 2.05) is 0 Å². The normalized spacial score (nSPS) is 10.0. The van der Waals surface area contributed by atoms with Gasteiger partial charge in [-0.2, -0.15) is 0 Å². The monoisotopic (exact) mass is 652 g/mol. The van der Waals surface area contributed by atoms with Crippen molar-refractivity contribution in [1.29, 1.82) is 0 Å². The molecular weight excluding hydrogens is 578 g/mol. The summed E-state index contributed by atoms with van der Waals surface area (Å²) in [5, 5.41) is 0. The van der Waals surface area contributed by atoms with E-state index < -0.39 is 0 Å². The average molecular weight is 652 g/mol. The maximum absolute atomic E-state index is 11.1. The van der Waals surface area contributed by atoms with Crippen molar-refractivity contribution >= 4 is 17.8 Å². The zero-order chi connectivity index (χ0) is 35.3. The lowest BCUT2D eigenvalue weighted by Crippen LogP contribution is -2.18. The van der Waals surface area contributed by atoms with Crippen LogP contribution in [0, 0.1) is 0 Å². The summed E-state index contributed by atoms with van der Waals surface area (Å²) in [4.78, 5) is 34.0. The molecule has 0 radical (unpaired) electrons. The van der Waals surface area contributed by atoms with Gasteiger partial charge in [-0.3, -0.25) is 4.79 Å². The Morgan fingerprint density at radius 2 is 0.848 bits per heavy atom. The maximum atomic E-state index is 11.1. The van der Waals surface area contributed by atoms with Gasteiger partial charge in [-0.05, 0) is 32.8 Å². The fourth-order valence-corrected chi connectivity index (χ4v) is 4.17. The third-order valence-electron chi connectivity index (χ3n) is 7.15. The van der Waals surface area contributed by atoms with E-state index in [0.717, 1.165) is 19.4 Å². The van der Waals surface area contributed by atoms with Crippen molar-refractivity contribution in [2.75, 3.05) is 40.5 Å². The molecular formula is C39H73NO6. The van der Waals surface area contributed by atoms with Crippen LogP contribution >= 0.6 is 0 Å². The summed E-state index contributed by atoms with van der Waals surface area (Å²) in [6, 6.07) is 0. The van der Waals surface area contributed by atoms with Crippen molar-refractivity contribution in [2.24, 2.45) is 0 Å². The SMILES string of the molecule is C=C(C)C(=O)OCCCCCCCCCCCC.C=C(C)C(=O)OCCOCCCCCCCCCCCC.C=CC(=O)N(C)C. The molecule has 7 nitrogen and oxygen atoms in total. The van der Waals surface area contributed by atoms with Crippen LogP contribution in [-0.2, 0) is 28.6 Å². The van der Waals surface area contributed by atoms with E-state index in [1.165, 1.54) is 127 Å². The number of hydrogen-bond donors (Lipinski definition) is 0. The second-order valence-corrected chi connectivity index (χ2v) is 12.2. The molecule has 0 aliphatic carbocycles. The van der Waals surface area contributed by atoms with Crippen LogP contribution in [0.3, 0.4) is 0 Å². The van der Waals surface area contributed by atoms with Gasteiger partial charge in [0.15, 0.2) is 0 Å². The first kappa shape index (κ1) is 48.0. The highest BCUT2D eigenvalue weighted by atomic mass is 16.6. The Kier molecular flexibility index (Phi) is 40.4. The van der Waals surface area contributed by atoms with Gasteiger partial charge in [-0.15, -0.1) is 0 Å². The summed E-state index contributed by atoms with van der Waals surface area (Å²) in [5.41, 5.74) is 0.923. The van der Waals surface area contributed by atoms with E-state index in [2.05, 4.69) is 33.6 Å². The molecule has 0 bridgehead atoms. The molecule has 46 heavy (non-hydrogen) atoms. The number of rotatable bonds is 28. The molecule has 270 valence electrons. The van der Waals surface area contributed by atoms with Gasteiger partial charge in [-0.1, -0.05) is 149 Å². The molecule has 0 unspecified atom stereocenters. The fraction of sp³-hybridized carbons (Fsp3) is 0.769. The zero-order valence-electron chi connectivity index (χ0n) is 31.1. The summed E-state index contributed by atoms with van der Waals surface area (Å²) in [7, 11) is 3.37. The Morgan fingerprint density at radius 1 is 0.522 bits per heavy atom. The number of ether oxygens (including phenoxy) is 3. The van der Waals surface area contributed by atoms with Crippen molar-refractivity contribution in [3.05, 3.63) is 37.0 Å². The van der Waals surface area contributed by atoms with Crippen LogP contribution in [0.5, 0.6) is 0 Å². The molecule has 0 spiro atoms. The van der Waals surface area contributed by atoms with Crippen LogP contribution in [0.2, 0.25) is 0 Å². The van der Waals surface area contributed by atoms with Gasteiger partial charge in [-0.25, -0.2) is 9.59 Å². The fourth-order valence-electron chi connectivity index (χ4n) is 4.17. The molecule has 0 rings (SSSR count). The molecule has 0 N–H and O–H groups in total. The molecule has 0 aromatic rings. The molecule has 1 amide bonds. The van der Waals surface area contributed by atoms with Gasteiger partial charge in [0.1, 0.15) is 6.61 Å². The highest BCUT2D eigenvalue weighted by Gasteiger charge is 2.03. The Labute approximate surface area is 284 Å². The first-order valence-electron chi connectivity index (χ1n) is 18.1. The topological polar surface area (TPSA) is 82.1 Å². The highest BCUT2D eigenvalue weighted by molar-refractivity contribution is 5.87. The summed E-state index contributed by atoms with van der Waals surface area (Å²) in [6.07, 6.45) is 27.5. The number of nitrogens with zero attached hydrogens (tertiary/aromatic N) is 1. The quantitative estimate of drug-likeness (QED) is 0.0476. The van der Waals surface area contributed by atoms with Gasteiger partial charge >= 0.3 is 11.9 Å². The number of carbonyl (C=O) groups is 3. The van der Waals surface area contributed by atoms with Crippen molar-refractivity contribution < 1.29 is 28.6 Å². The van der Waals surface area contributed by atoms with Crippen LogP contribution in [-0.4, -0.2) is 63.3 Å². The molecule has 0 heterocycles. The summed E-state index contributed by atoms with van der Waals surface area (Å²) >= 11 is 0. The molecule has 7 heteroatoms. The molecule has 0 aromatic heterocycles. The van der Waals surface area contributed by atoms with Crippen LogP contribution in [0.4, 0.5) is 0 Å². The summed E-state index contributed by atoms with van der Waals surface area (Å²) in [5.74, 6) is -0.650. The summed E-state index contributed by atoms with van der Waals surface area (Å²) < 4.78 is 15.4. The first-order chi connectivity index (χ1) is 22.0. The lowest BCUT2D eigenvalue weighted by Gasteiger charge is -2.06. The van der Waals surface area contributed by atoms with Crippen molar-refractivity contribution in [3.63, 3.8) is 0 Å². The zero-order valence-corrected chi connectivity index (χ0v) is 31.1. The molecule has 0 aromatic carbocycles. The predicted molar refractivity (Wildman–Crippen MR) is 195 cm³/mol. The van der Waals surface area contributed by atoms with Gasteiger partial charge in [0.05, 0.1) is 13.2 Å². The third-order valence-corrected chi connectivity index (χ3v) is 7.15. The summed E-state index contributed by atoms with van der Waals surface area (Å²) in [6.45, 7) is 20.3. The molecule has 0 aliphatic heterocycles. The molecule has 0 fully saturated rings. The molecule has 0 aliphatic rings. The minimum absolute atomic E-state index is 0.0556. The first-order valence-corrected chi connectivity index (χ1v) is 18.1. The maximum Gasteiger partial charge on any atom is 0.333 e. The number of esters is 2. The lowest BCUT2D eigenvalue weighted by molar-refractivity contribution is -0.140. The Hall–Kier alpha value is -2.41. The van der Waals surface area contributed by atoms with Crippen LogP contribution in [0.15, 0.2) is 37.0 Å². The molecule has 0 atom stereocenters. The number of amides is 1. The smallest absolute Gasteiger partial charge is 0.333 e. The van der Waals surface area contributed by atoms with Crippen LogP contribution in [0.25, 0.3) is 0 Å². The second-order valence-electron chi connectivity index (χ2n) is 12.2. The van der Waals surface area contributed by atoms with Crippen molar-refractivity contribution in [2.45, 2.75) is 156 Å². The van der Waals surface area contributed by atoms with E-state index in [4.69, 9.17) is 14.2 Å². The van der Waals surface area contributed by atoms with E-state index >= 15 is 0 Å². The van der Waals surface area contributed by atoms with E-state index in [0.29, 0.717) is 31.0 Å². The van der Waals surface area contributed by atoms with Gasteiger partial charge in [0.2, 0.25) is 5.91 Å². The van der Waals surface area contributed by atoms with Crippen LogP contribution in [0.1, 0.15) is 156 Å². The molecule has 0 saturated heterocycles. The van der Waals surface area contributed by atoms with Gasteiger partial charge < -0.3 is 19.1 Å². The van der Waals surface area contributed by atoms with Gasteiger partial charge in [0.25, 0.3) is 0 Å². The minimum atomic E-state index is -0.336. The third kappa shape index (κ3) is 41.6. The standard InChI is InChI=1S/C18H34O3.C16H30O2.C5H9NO/c1-4-5-6-7-8-9-10-11-12-13-14-20-15-16-21-18(19)17(2)3;1-4-5-6-7-8-9-10-11-12-13-14-18-16(17)15(2)3;1-4-5(7)6(2)3/h2,4-16H2,1,3H3;2,4-14H2,1,3H3;4H,1H2,2-3H3. The highest BCUT2D eigenvalue weighted by Crippen LogP contribution is 2.11. The van der Waals surface area contributed by atoms with Gasteiger partial charge in [0, 0.05) is 31.8 Å². The predicted octanol–water partition coefficient (Wildman–Crippen LogP) is 10.3. The van der Waals surface area contributed by atoms with Crippen molar-refractivity contribution in [3.8, 4) is 0 Å². The second kappa shape index (κ2) is 38.8. The van der Waals surface area contributed by atoms with E-state index in [-0.39, 0.29) is 17.8 Å². The number of hydrogen-bond acceptors (Lipinski definition) is 6. The lowest BCUT2D eigenvalue weighted by atomic mass is 10.1. The average Bonchev–Trinajstić information content (AvgIpc) is 3.03. The van der Waals surface area contributed by atoms with E-state index in [9.17, 15) is 14.4 Å². The Bertz CT molecular complexity index is 762. The largest absolute Gasteiger partial charge is 0.462 e. The van der Waals surface area contributed by atoms with Crippen molar-refractivity contribution in [1.82, 2.24) is 4.90 Å². The Balaban J connectivity index is -0.000000671. The van der Waals surface area contributed by atoms with Crippen LogP contribution < -0.4 is 0 Å². The number of unbranched alkanes of at least 4 members (excludes halogenated alkanes) is 18. The number of carbonyl (C=O) groups excluding carboxylic acids is 3. The Morgan fingerprint density at radius 3 is 1.15 bits per heavy atom. The van der Waals surface area contributed by atoms with E-state index in [1.54, 1.807) is 27.9 Å². The molecule has 0 saturated carbocycles. The minimum Gasteiger partial charge on any atom is -0.462 e. The number of likely N-dealkylation sites (N-methyl/N-ethyl adjacent to an activating group) is 1.